The predicted molar refractivity (Wildman–Crippen MR) is 40.1 cm³/mol. The zero-order valence-electron chi connectivity index (χ0n) is 5.97. The molecular weight excluding hydrogens is 249 g/mol. The van der Waals surface area contributed by atoms with Crippen LogP contribution in [0.4, 0.5) is 0 Å². The molecular formula is C6H9BrO2Zn. The van der Waals surface area contributed by atoms with Crippen molar-refractivity contribution in [3.63, 3.8) is 0 Å². The van der Waals surface area contributed by atoms with Crippen LogP contribution in [0.25, 0.3) is 0 Å². The summed E-state index contributed by atoms with van der Waals surface area (Å²) in [5.41, 5.74) is 0. The fourth-order valence-corrected chi connectivity index (χ4v) is 0.287. The Hall–Kier alpha value is 0.183. The van der Waals surface area contributed by atoms with Gasteiger partial charge in [0.05, 0.1) is 6.61 Å². The van der Waals surface area contributed by atoms with Crippen LogP contribution < -0.4 is 0 Å². The van der Waals surface area contributed by atoms with E-state index in [1.54, 1.807) is 6.92 Å². The van der Waals surface area contributed by atoms with Crippen molar-refractivity contribution in [3.05, 3.63) is 19.1 Å². The van der Waals surface area contributed by atoms with E-state index in [1.807, 2.05) is 0 Å². The summed E-state index contributed by atoms with van der Waals surface area (Å²) < 4.78 is 4.52. The molecule has 0 unspecified atom stereocenters. The van der Waals surface area contributed by atoms with E-state index in [0.29, 0.717) is 6.61 Å². The third-order valence-electron chi connectivity index (χ3n) is 0.541. The number of hydrogen-bond donors (Lipinski definition) is 0. The molecule has 0 heterocycles. The van der Waals surface area contributed by atoms with Crippen LogP contribution in [-0.2, 0) is 25.9 Å². The molecule has 54 valence electrons. The molecule has 0 aliphatic carbocycles. The second kappa shape index (κ2) is 11.9. The van der Waals surface area contributed by atoms with Gasteiger partial charge in [0.15, 0.2) is 0 Å². The van der Waals surface area contributed by atoms with Gasteiger partial charge in [-0.1, -0.05) is 0 Å². The van der Waals surface area contributed by atoms with Crippen LogP contribution in [0, 0.1) is 6.92 Å². The summed E-state index contributed by atoms with van der Waals surface area (Å²) in [7, 11) is 0. The Morgan fingerprint density at radius 3 is 2.60 bits per heavy atom. The molecule has 4 heteroatoms. The Morgan fingerprint density at radius 1 is 1.80 bits per heavy atom. The van der Waals surface area contributed by atoms with Crippen LogP contribution in [0.1, 0.15) is 6.92 Å². The van der Waals surface area contributed by atoms with Gasteiger partial charge in [-0.15, -0.1) is 6.08 Å². The van der Waals surface area contributed by atoms with E-state index in [1.165, 1.54) is 28.5 Å². The first kappa shape index (κ1) is 12.8. The van der Waals surface area contributed by atoms with E-state index in [2.05, 4.69) is 25.3 Å². The maximum atomic E-state index is 10.3. The molecule has 0 saturated heterocycles. The molecule has 0 aromatic heterocycles. The number of ether oxygens (including phenoxy) is 1. The monoisotopic (exact) mass is 256 g/mol. The van der Waals surface area contributed by atoms with Gasteiger partial charge in [0, 0.05) is 0 Å². The van der Waals surface area contributed by atoms with Gasteiger partial charge >= 0.3 is 30.0 Å². The summed E-state index contributed by atoms with van der Waals surface area (Å²) >= 11 is 4.25. The Morgan fingerprint density at radius 2 is 2.30 bits per heavy atom. The van der Waals surface area contributed by atoms with Crippen LogP contribution >= 0.6 is 13.6 Å². The Bertz CT molecular complexity index is 104. The van der Waals surface area contributed by atoms with Crippen LogP contribution in [0.2, 0.25) is 0 Å². The molecule has 0 amide bonds. The number of hydrogen-bond acceptors (Lipinski definition) is 2. The molecule has 0 radical (unpaired) electrons. The number of rotatable bonds is 2. The fourth-order valence-electron chi connectivity index (χ4n) is 0.287. The second-order valence-corrected chi connectivity index (χ2v) is 1.15. The van der Waals surface area contributed by atoms with Gasteiger partial charge in [-0.2, -0.15) is 0 Å². The van der Waals surface area contributed by atoms with Gasteiger partial charge in [0.2, 0.25) is 5.97 Å². The Labute approximate surface area is 78.1 Å². The SMILES string of the molecule is [CH2-]/C=C/C(=O)OCC.[Zn+][Br]. The number of allylic oxidation sites excluding steroid dienone is 1. The van der Waals surface area contributed by atoms with Crippen molar-refractivity contribution in [2.24, 2.45) is 0 Å². The first-order valence-electron chi connectivity index (χ1n) is 2.70. The number of carbonyl (C=O) groups excluding carboxylic acids is 1. The zero-order valence-corrected chi connectivity index (χ0v) is 10.5. The van der Waals surface area contributed by atoms with Crippen molar-refractivity contribution in [1.82, 2.24) is 0 Å². The topological polar surface area (TPSA) is 26.3 Å². The van der Waals surface area contributed by atoms with Crippen molar-refractivity contribution in [1.29, 1.82) is 0 Å². The molecule has 0 bridgehead atoms. The van der Waals surface area contributed by atoms with E-state index in [9.17, 15) is 4.79 Å². The minimum absolute atomic E-state index is 0.331. The van der Waals surface area contributed by atoms with Crippen molar-refractivity contribution >= 4 is 19.6 Å². The number of esters is 1. The van der Waals surface area contributed by atoms with Crippen molar-refractivity contribution in [2.45, 2.75) is 6.92 Å². The second-order valence-electron chi connectivity index (χ2n) is 1.15. The van der Waals surface area contributed by atoms with Crippen molar-refractivity contribution in [3.8, 4) is 0 Å². The number of halogens is 1. The molecule has 0 atom stereocenters. The normalized spacial score (nSPS) is 8.40. The van der Waals surface area contributed by atoms with Crippen molar-refractivity contribution < 1.29 is 25.9 Å². The molecule has 0 saturated carbocycles. The molecule has 0 spiro atoms. The summed E-state index contributed by atoms with van der Waals surface area (Å²) in [6.07, 6.45) is 2.68. The summed E-state index contributed by atoms with van der Waals surface area (Å²) in [6.45, 7) is 5.51. The van der Waals surface area contributed by atoms with Crippen LogP contribution in [0.3, 0.4) is 0 Å². The average Bonchev–Trinajstić information content (AvgIpc) is 1.93. The standard InChI is InChI=1S/C6H9O2.BrH.Zn/c1-3-5-6(7)8-4-2;;/h3,5H,1,4H2,2H3;1H;/q-1;;+2/p-1/b5-3+;;. The summed E-state index contributed by atoms with van der Waals surface area (Å²) in [5.74, 6) is -0.331. The third kappa shape index (κ3) is 11.0. The average molecular weight is 258 g/mol. The Balaban J connectivity index is 0. The first-order valence-corrected chi connectivity index (χ1v) is 9.65. The molecule has 0 aromatic carbocycles. The van der Waals surface area contributed by atoms with E-state index in [4.69, 9.17) is 0 Å². The molecule has 0 rings (SSSR count). The summed E-state index contributed by atoms with van der Waals surface area (Å²) in [4.78, 5) is 10.3. The van der Waals surface area contributed by atoms with Crippen LogP contribution in [0.15, 0.2) is 12.2 Å². The molecule has 10 heavy (non-hydrogen) atoms. The summed E-state index contributed by atoms with van der Waals surface area (Å²) in [5, 5.41) is 0. The quantitative estimate of drug-likeness (QED) is 0.327. The molecule has 0 aliphatic rings. The van der Waals surface area contributed by atoms with Crippen molar-refractivity contribution in [2.75, 3.05) is 6.61 Å². The molecule has 0 aromatic rings. The van der Waals surface area contributed by atoms with Gasteiger partial charge in [-0.05, 0) is 6.92 Å². The van der Waals surface area contributed by atoms with E-state index >= 15 is 0 Å². The zero-order chi connectivity index (χ0) is 8.41. The van der Waals surface area contributed by atoms with Crippen LogP contribution in [0.5, 0.6) is 0 Å². The van der Waals surface area contributed by atoms with Crippen LogP contribution in [-0.4, -0.2) is 12.6 Å². The first-order chi connectivity index (χ1) is 4.81. The van der Waals surface area contributed by atoms with E-state index in [-0.39, 0.29) is 5.97 Å². The third-order valence-corrected chi connectivity index (χ3v) is 0.541. The molecule has 2 nitrogen and oxygen atoms in total. The maximum absolute atomic E-state index is 10.3. The molecule has 0 aliphatic heterocycles. The van der Waals surface area contributed by atoms with Gasteiger partial charge in [-0.25, -0.2) is 13.0 Å². The molecule has 0 N–H and O–H groups in total. The molecule has 0 fully saturated rings. The van der Waals surface area contributed by atoms with E-state index in [0.717, 1.165) is 0 Å². The minimum atomic E-state index is -0.331. The van der Waals surface area contributed by atoms with Gasteiger partial charge in [-0.3, -0.25) is 4.79 Å². The van der Waals surface area contributed by atoms with E-state index < -0.39 is 0 Å². The van der Waals surface area contributed by atoms with Gasteiger partial charge in [0.25, 0.3) is 0 Å². The fraction of sp³-hybridized carbons (Fsp3) is 0.333. The summed E-state index contributed by atoms with van der Waals surface area (Å²) in [6, 6.07) is 0. The van der Waals surface area contributed by atoms with Gasteiger partial charge in [0.1, 0.15) is 0 Å². The van der Waals surface area contributed by atoms with Gasteiger partial charge < -0.3 is 4.74 Å². The predicted octanol–water partition coefficient (Wildman–Crippen LogP) is 1.78. The number of carbonyl (C=O) groups is 1. The Kier molecular flexibility index (Phi) is 15.3.